The van der Waals surface area contributed by atoms with Gasteiger partial charge in [-0.3, -0.25) is 4.79 Å². The van der Waals surface area contributed by atoms with Crippen molar-refractivity contribution in [3.8, 4) is 5.75 Å². The summed E-state index contributed by atoms with van der Waals surface area (Å²) < 4.78 is 5.62. The maximum atomic E-state index is 10.5. The molecule has 1 atom stereocenters. The van der Waals surface area contributed by atoms with E-state index in [1.54, 1.807) is 11.8 Å². The summed E-state index contributed by atoms with van der Waals surface area (Å²) >= 11 is 1.71. The van der Waals surface area contributed by atoms with Gasteiger partial charge in [0.2, 0.25) is 0 Å². The number of hydrogen-bond acceptors (Lipinski definition) is 4. The van der Waals surface area contributed by atoms with E-state index in [1.807, 2.05) is 31.2 Å². The second kappa shape index (κ2) is 8.82. The van der Waals surface area contributed by atoms with Crippen molar-refractivity contribution in [3.05, 3.63) is 29.8 Å². The minimum Gasteiger partial charge on any atom is -0.494 e. The molecule has 0 saturated heterocycles. The van der Waals surface area contributed by atoms with Crippen LogP contribution in [0, 0.1) is 6.92 Å². The van der Waals surface area contributed by atoms with Crippen LogP contribution in [0.25, 0.3) is 0 Å². The minimum absolute atomic E-state index is 0.513. The van der Waals surface area contributed by atoms with E-state index in [-0.39, 0.29) is 0 Å². The number of aliphatic carboxylic acids is 1. The molecule has 106 valence electrons. The fourth-order valence-electron chi connectivity index (χ4n) is 1.49. The first-order chi connectivity index (χ1) is 9.09. The smallest absolute Gasteiger partial charge is 0.320 e. The molecule has 0 fully saturated rings. The highest BCUT2D eigenvalue weighted by atomic mass is 32.2. The zero-order valence-electron chi connectivity index (χ0n) is 11.2. The molecule has 1 aromatic rings. The standard InChI is InChI=1S/C14H21NO3S/c1-11-4-2-5-12(10-11)18-7-3-8-19-9-6-13(15)14(16)17/h2,4-5,10,13H,3,6-9,15H2,1H3,(H,16,17). The van der Waals surface area contributed by atoms with Gasteiger partial charge >= 0.3 is 5.97 Å². The van der Waals surface area contributed by atoms with Crippen LogP contribution in [0.2, 0.25) is 0 Å². The lowest BCUT2D eigenvalue weighted by molar-refractivity contribution is -0.138. The molecule has 0 heterocycles. The third kappa shape index (κ3) is 7.08. The van der Waals surface area contributed by atoms with E-state index in [4.69, 9.17) is 15.6 Å². The largest absolute Gasteiger partial charge is 0.494 e. The summed E-state index contributed by atoms with van der Waals surface area (Å²) in [5, 5.41) is 8.62. The van der Waals surface area contributed by atoms with Crippen LogP contribution in [-0.2, 0) is 4.79 Å². The summed E-state index contributed by atoms with van der Waals surface area (Å²) in [5.41, 5.74) is 6.60. The van der Waals surface area contributed by atoms with E-state index in [9.17, 15) is 4.79 Å². The van der Waals surface area contributed by atoms with Gasteiger partial charge in [0.05, 0.1) is 6.61 Å². The molecule has 5 heteroatoms. The van der Waals surface area contributed by atoms with Crippen molar-refractivity contribution in [3.63, 3.8) is 0 Å². The Kier molecular flexibility index (Phi) is 7.36. The van der Waals surface area contributed by atoms with Crippen LogP contribution in [0.15, 0.2) is 24.3 Å². The monoisotopic (exact) mass is 283 g/mol. The summed E-state index contributed by atoms with van der Waals surface area (Å²) in [6.07, 6.45) is 1.46. The predicted molar refractivity (Wildman–Crippen MR) is 78.8 cm³/mol. The summed E-state index contributed by atoms with van der Waals surface area (Å²) in [6.45, 7) is 2.72. The van der Waals surface area contributed by atoms with Gasteiger partial charge in [-0.25, -0.2) is 0 Å². The molecule has 19 heavy (non-hydrogen) atoms. The van der Waals surface area contributed by atoms with Gasteiger partial charge in [0.1, 0.15) is 11.8 Å². The van der Waals surface area contributed by atoms with E-state index in [1.165, 1.54) is 5.56 Å². The third-order valence-electron chi connectivity index (χ3n) is 2.58. The molecule has 0 saturated carbocycles. The second-order valence-electron chi connectivity index (χ2n) is 4.36. The first-order valence-electron chi connectivity index (χ1n) is 6.35. The average molecular weight is 283 g/mol. The van der Waals surface area contributed by atoms with Crippen LogP contribution in [0.4, 0.5) is 0 Å². The molecule has 4 nitrogen and oxygen atoms in total. The van der Waals surface area contributed by atoms with E-state index < -0.39 is 12.0 Å². The van der Waals surface area contributed by atoms with E-state index >= 15 is 0 Å². The van der Waals surface area contributed by atoms with Crippen molar-refractivity contribution in [1.82, 2.24) is 0 Å². The molecule has 0 amide bonds. The summed E-state index contributed by atoms with van der Waals surface area (Å²) in [5.74, 6) is 1.71. The van der Waals surface area contributed by atoms with Crippen molar-refractivity contribution in [2.75, 3.05) is 18.1 Å². The molecule has 0 spiro atoms. The molecule has 0 aromatic heterocycles. The van der Waals surface area contributed by atoms with Crippen LogP contribution >= 0.6 is 11.8 Å². The minimum atomic E-state index is -0.927. The van der Waals surface area contributed by atoms with Crippen molar-refractivity contribution in [2.45, 2.75) is 25.8 Å². The van der Waals surface area contributed by atoms with Crippen LogP contribution in [0.1, 0.15) is 18.4 Å². The Balaban J connectivity index is 2.01. The third-order valence-corrected chi connectivity index (χ3v) is 3.68. The van der Waals surface area contributed by atoms with Crippen LogP contribution in [0.3, 0.4) is 0 Å². The number of thioether (sulfide) groups is 1. The van der Waals surface area contributed by atoms with Gasteiger partial charge in [-0.15, -0.1) is 0 Å². The number of carboxylic acids is 1. The highest BCUT2D eigenvalue weighted by molar-refractivity contribution is 7.99. The van der Waals surface area contributed by atoms with Crippen LogP contribution in [-0.4, -0.2) is 35.2 Å². The predicted octanol–water partition coefficient (Wildman–Crippen LogP) is 2.30. The molecule has 3 N–H and O–H groups in total. The first kappa shape index (κ1) is 15.9. The van der Waals surface area contributed by atoms with Crippen molar-refractivity contribution >= 4 is 17.7 Å². The fraction of sp³-hybridized carbons (Fsp3) is 0.500. The van der Waals surface area contributed by atoms with Crippen molar-refractivity contribution in [2.24, 2.45) is 5.73 Å². The van der Waals surface area contributed by atoms with Crippen LogP contribution in [0.5, 0.6) is 5.75 Å². The summed E-state index contributed by atoms with van der Waals surface area (Å²) in [7, 11) is 0. The zero-order valence-corrected chi connectivity index (χ0v) is 12.0. The Bertz CT molecular complexity index is 398. The fourth-order valence-corrected chi connectivity index (χ4v) is 2.44. The molecule has 0 aliphatic carbocycles. The Morgan fingerprint density at radius 3 is 2.95 bits per heavy atom. The molecule has 1 rings (SSSR count). The summed E-state index contributed by atoms with van der Waals surface area (Å²) in [4.78, 5) is 10.5. The van der Waals surface area contributed by atoms with Gasteiger partial charge in [0, 0.05) is 0 Å². The number of carbonyl (C=O) groups is 1. The van der Waals surface area contributed by atoms with Crippen molar-refractivity contribution < 1.29 is 14.6 Å². The quantitative estimate of drug-likeness (QED) is 0.680. The van der Waals surface area contributed by atoms with E-state index in [2.05, 4.69) is 0 Å². The number of hydrogen-bond donors (Lipinski definition) is 2. The van der Waals surface area contributed by atoms with Gasteiger partial charge in [-0.1, -0.05) is 12.1 Å². The van der Waals surface area contributed by atoms with Gasteiger partial charge in [0.25, 0.3) is 0 Å². The number of aryl methyl sites for hydroxylation is 1. The SMILES string of the molecule is Cc1cccc(OCCCSCCC(N)C(=O)O)c1. The molecule has 0 radical (unpaired) electrons. The molecule has 1 aromatic carbocycles. The number of carboxylic acid groups (broad SMARTS) is 1. The Hall–Kier alpha value is -1.20. The molecular weight excluding hydrogens is 262 g/mol. The lowest BCUT2D eigenvalue weighted by Gasteiger charge is -2.07. The van der Waals surface area contributed by atoms with E-state index in [0.29, 0.717) is 13.0 Å². The lowest BCUT2D eigenvalue weighted by atomic mass is 10.2. The maximum absolute atomic E-state index is 10.5. The Labute approximate surface area is 118 Å². The normalized spacial score (nSPS) is 12.1. The molecule has 0 bridgehead atoms. The molecule has 1 unspecified atom stereocenters. The second-order valence-corrected chi connectivity index (χ2v) is 5.59. The maximum Gasteiger partial charge on any atom is 0.320 e. The first-order valence-corrected chi connectivity index (χ1v) is 7.50. The van der Waals surface area contributed by atoms with E-state index in [0.717, 1.165) is 23.7 Å². The zero-order chi connectivity index (χ0) is 14.1. The number of rotatable bonds is 9. The number of nitrogens with two attached hydrogens (primary N) is 1. The lowest BCUT2D eigenvalue weighted by Crippen LogP contribution is -2.30. The Morgan fingerprint density at radius 1 is 1.47 bits per heavy atom. The molecule has 0 aliphatic heterocycles. The highest BCUT2D eigenvalue weighted by Crippen LogP contribution is 2.13. The van der Waals surface area contributed by atoms with Gasteiger partial charge < -0.3 is 15.6 Å². The number of ether oxygens (including phenoxy) is 1. The summed E-state index contributed by atoms with van der Waals surface area (Å²) in [6, 6.07) is 7.24. The Morgan fingerprint density at radius 2 is 2.26 bits per heavy atom. The molecular formula is C14H21NO3S. The van der Waals surface area contributed by atoms with Crippen LogP contribution < -0.4 is 10.5 Å². The van der Waals surface area contributed by atoms with Gasteiger partial charge in [-0.05, 0) is 49.0 Å². The van der Waals surface area contributed by atoms with Crippen molar-refractivity contribution in [1.29, 1.82) is 0 Å². The van der Waals surface area contributed by atoms with Gasteiger partial charge in [-0.2, -0.15) is 11.8 Å². The topological polar surface area (TPSA) is 72.5 Å². The molecule has 0 aliphatic rings. The number of benzene rings is 1. The van der Waals surface area contributed by atoms with Gasteiger partial charge in [0.15, 0.2) is 0 Å². The highest BCUT2D eigenvalue weighted by Gasteiger charge is 2.09. The average Bonchev–Trinajstić information content (AvgIpc) is 2.37.